The summed E-state index contributed by atoms with van der Waals surface area (Å²) in [4.78, 5) is 120. The number of ketones is 2. The van der Waals surface area contributed by atoms with Crippen LogP contribution in [-0.4, -0.2) is 157 Å². The summed E-state index contributed by atoms with van der Waals surface area (Å²) in [5, 5.41) is 14.4. The molecule has 0 spiro atoms. The molecule has 490 valence electrons. The lowest BCUT2D eigenvalue weighted by Gasteiger charge is -2.29. The zero-order chi connectivity index (χ0) is 64.8. The van der Waals surface area contributed by atoms with Crippen molar-refractivity contribution in [2.45, 2.75) is 175 Å². The van der Waals surface area contributed by atoms with Crippen LogP contribution in [0.15, 0.2) is 54.6 Å². The Kier molecular flexibility index (Phi) is 33.1. The number of carbonyl (C=O) groups is 9. The number of aryl methyl sites for hydroxylation is 2. The Labute approximate surface area is 525 Å². The minimum atomic E-state index is -1.27. The first-order valence-electron chi connectivity index (χ1n) is 31.1. The van der Waals surface area contributed by atoms with E-state index in [1.54, 1.807) is 33.1 Å². The van der Waals surface area contributed by atoms with E-state index in [4.69, 9.17) is 44.8 Å². The smallest absolute Gasteiger partial charge is 0.347 e. The summed E-state index contributed by atoms with van der Waals surface area (Å²) in [7, 11) is 3.13. The summed E-state index contributed by atoms with van der Waals surface area (Å²) in [6.07, 6.45) is 3.17. The van der Waals surface area contributed by atoms with Gasteiger partial charge in [0, 0.05) is 89.1 Å². The van der Waals surface area contributed by atoms with Crippen molar-refractivity contribution in [2.75, 3.05) is 73.5 Å². The summed E-state index contributed by atoms with van der Waals surface area (Å²) in [6.45, 7) is 17.5. The molecule has 0 unspecified atom stereocenters. The molecule has 2 heterocycles. The minimum Gasteiger partial charge on any atom is -0.459 e. The fraction of sp³-hybridized carbons (Fsp3) is 0.652. The van der Waals surface area contributed by atoms with E-state index >= 15 is 0 Å². The topological polar surface area (TPSA) is 282 Å². The number of carbonyl (C=O) groups excluding carboxylic acids is 9. The predicted molar refractivity (Wildman–Crippen MR) is 332 cm³/mol. The highest BCUT2D eigenvalue weighted by molar-refractivity contribution is 6.31. The number of cyclic esters (lactones) is 2. The first-order chi connectivity index (χ1) is 41.9. The zero-order valence-electron chi connectivity index (χ0n) is 53.4. The molecule has 0 aromatic heterocycles. The van der Waals surface area contributed by atoms with Crippen LogP contribution in [0, 0.1) is 36.0 Å². The Morgan fingerprint density at radius 2 is 1.43 bits per heavy atom. The molecule has 1 saturated heterocycles. The second kappa shape index (κ2) is 39.1. The summed E-state index contributed by atoms with van der Waals surface area (Å²) in [6, 6.07) is 11.2. The van der Waals surface area contributed by atoms with Gasteiger partial charge in [-0.2, -0.15) is 0 Å². The number of epoxide rings is 1. The van der Waals surface area contributed by atoms with E-state index in [2.05, 4.69) is 26.6 Å². The third-order valence-electron chi connectivity index (χ3n) is 15.5. The quantitative estimate of drug-likeness (QED) is 0.0260. The Morgan fingerprint density at radius 3 is 2.08 bits per heavy atom. The lowest BCUT2D eigenvalue weighted by Crippen LogP contribution is -2.51. The van der Waals surface area contributed by atoms with Crippen LogP contribution in [0.2, 0.25) is 5.02 Å². The molecule has 5 N–H and O–H groups in total. The van der Waals surface area contributed by atoms with Gasteiger partial charge in [-0.15, -0.1) is 0 Å². The molecule has 0 radical (unpaired) electrons. The van der Waals surface area contributed by atoms with Gasteiger partial charge in [-0.1, -0.05) is 95.1 Å². The molecule has 2 aliphatic heterocycles. The highest BCUT2D eigenvalue weighted by Crippen LogP contribution is 2.45. The van der Waals surface area contributed by atoms with E-state index in [0.29, 0.717) is 83.3 Å². The first kappa shape index (κ1) is 74.4. The monoisotopic (exact) mass is 1250 g/mol. The maximum atomic E-state index is 14.2. The number of hydrogen-bond donors (Lipinski definition) is 5. The normalized spacial score (nSPS) is 20.4. The number of ether oxygens (including phenoxy) is 7. The summed E-state index contributed by atoms with van der Waals surface area (Å²) in [5.74, 6) is -4.93. The molecule has 2 aliphatic rings. The molecule has 8 atom stereocenters. The molecule has 0 saturated carbocycles. The third-order valence-corrected chi connectivity index (χ3v) is 15.9. The fourth-order valence-corrected chi connectivity index (χ4v) is 10.1. The van der Waals surface area contributed by atoms with Crippen LogP contribution in [0.1, 0.15) is 147 Å². The van der Waals surface area contributed by atoms with E-state index in [1.165, 1.54) is 13.1 Å². The highest BCUT2D eigenvalue weighted by Gasteiger charge is 2.48. The van der Waals surface area contributed by atoms with Gasteiger partial charge in [-0.25, -0.2) is 4.79 Å². The van der Waals surface area contributed by atoms with Crippen LogP contribution in [0.25, 0.3) is 0 Å². The second-order valence-electron chi connectivity index (χ2n) is 24.3. The van der Waals surface area contributed by atoms with Gasteiger partial charge in [0.15, 0.2) is 11.9 Å². The second-order valence-corrected chi connectivity index (χ2v) is 24.7. The van der Waals surface area contributed by atoms with E-state index < -0.39 is 71.4 Å². The minimum absolute atomic E-state index is 0.0600. The van der Waals surface area contributed by atoms with Gasteiger partial charge in [0.1, 0.15) is 24.0 Å². The number of Topliss-reactive ketones (excluding diaryl/α,β-unsaturated/α-hetero) is 2. The van der Waals surface area contributed by atoms with E-state index in [9.17, 15) is 43.2 Å². The SMILES string of the molecule is CNC(=O)CCCC(=O)N[C@H](C(=O)C[C@@H](CCCCNC(=O)CCOCCOCCOCCOC)C(=O)CCc1ccc([C@H]2O[C@@H]2[C@@H](C)[C@@H]2C/C=C/C(=O)N[C@H](Cc3ccc(C)c(Cl)c3)C(=O)NCC(C)(C)C(=O)O[C@@H](CC(C)C)C(=O)O2)cc1)C(C)C. The van der Waals surface area contributed by atoms with Crippen LogP contribution in [0.4, 0.5) is 0 Å². The molecule has 2 aromatic rings. The first-order valence-corrected chi connectivity index (χ1v) is 31.5. The van der Waals surface area contributed by atoms with Crippen molar-refractivity contribution in [3.8, 4) is 0 Å². The number of amides is 5. The van der Waals surface area contributed by atoms with Gasteiger partial charge in [0.2, 0.25) is 29.5 Å². The molecule has 88 heavy (non-hydrogen) atoms. The molecule has 0 aliphatic carbocycles. The molecule has 21 nitrogen and oxygen atoms in total. The van der Waals surface area contributed by atoms with Crippen LogP contribution >= 0.6 is 11.6 Å². The number of nitrogens with one attached hydrogen (secondary N) is 5. The van der Waals surface area contributed by atoms with Crippen LogP contribution in [0.5, 0.6) is 0 Å². The molecular formula is C66H98ClN5O16. The standard InChI is InChI=1S/C66H98ClN5O16/c1-42(2)37-55-64(80)86-54(16-13-18-58(77)71-51(39-47-21-20-44(5)50(67)38-47)63(79)70-41-66(7,8)65(81)87-55)45(6)61-62(88-61)48-25-22-46(23-26-48)24-27-52(73)49(40-53(74)60(43(3)4)72-59(78)19-14-17-56(75)68-9)15-11-12-29-69-57(76)28-30-83-33-34-85-36-35-84-32-31-82-10/h13,18,20-23,25-26,38,42-43,45,49,51,54-55,60-62H,11-12,14-17,19,24,27-37,39-41H2,1-10H3,(H,68,75)(H,69,76)(H,70,79)(H,71,77)(H,72,78)/b18-13+/t45-,49+,51+,54-,55-,60-,61+,62+/m0/s1. The maximum Gasteiger partial charge on any atom is 0.347 e. The third kappa shape index (κ3) is 27.3. The lowest BCUT2D eigenvalue weighted by atomic mass is 9.85. The van der Waals surface area contributed by atoms with Crippen molar-refractivity contribution in [1.29, 1.82) is 0 Å². The van der Waals surface area contributed by atoms with Crippen LogP contribution < -0.4 is 26.6 Å². The van der Waals surface area contributed by atoms with Gasteiger partial charge in [0.05, 0.1) is 63.8 Å². The van der Waals surface area contributed by atoms with E-state index in [-0.39, 0.29) is 112 Å². The molecule has 5 amide bonds. The van der Waals surface area contributed by atoms with Crippen molar-refractivity contribution in [3.05, 3.63) is 81.9 Å². The van der Waals surface area contributed by atoms with Crippen molar-refractivity contribution in [2.24, 2.45) is 29.1 Å². The van der Waals surface area contributed by atoms with Gasteiger partial charge < -0.3 is 59.7 Å². The highest BCUT2D eigenvalue weighted by atomic mass is 35.5. The fourth-order valence-electron chi connectivity index (χ4n) is 9.92. The van der Waals surface area contributed by atoms with Gasteiger partial charge in [0.25, 0.3) is 0 Å². The molecule has 1 fully saturated rings. The summed E-state index contributed by atoms with van der Waals surface area (Å²) in [5.41, 5.74) is 2.04. The molecule has 2 aromatic carbocycles. The number of hydrogen-bond acceptors (Lipinski definition) is 16. The van der Waals surface area contributed by atoms with Crippen molar-refractivity contribution in [3.63, 3.8) is 0 Å². The van der Waals surface area contributed by atoms with Crippen molar-refractivity contribution in [1.82, 2.24) is 26.6 Å². The molecule has 0 bridgehead atoms. The Bertz CT molecular complexity index is 2610. The van der Waals surface area contributed by atoms with E-state index in [0.717, 1.165) is 22.3 Å². The van der Waals surface area contributed by atoms with Crippen LogP contribution in [-0.2, 0) is 89.2 Å². The Hall–Kier alpha value is -6.10. The molecule has 22 heteroatoms. The van der Waals surface area contributed by atoms with Gasteiger partial charge >= 0.3 is 11.9 Å². The Morgan fingerprint density at radius 1 is 0.773 bits per heavy atom. The number of halogens is 1. The van der Waals surface area contributed by atoms with Crippen molar-refractivity contribution >= 4 is 64.6 Å². The average Bonchev–Trinajstić information content (AvgIpc) is 3.10. The molecular weight excluding hydrogens is 1150 g/mol. The van der Waals surface area contributed by atoms with Crippen molar-refractivity contribution < 1.29 is 76.3 Å². The number of rotatable bonds is 37. The average molecular weight is 1250 g/mol. The largest absolute Gasteiger partial charge is 0.459 e. The predicted octanol–water partition coefficient (Wildman–Crippen LogP) is 6.93. The summed E-state index contributed by atoms with van der Waals surface area (Å²) >= 11 is 6.41. The van der Waals surface area contributed by atoms with E-state index in [1.807, 2.05) is 77.9 Å². The van der Waals surface area contributed by atoms with Crippen LogP contribution in [0.3, 0.4) is 0 Å². The molecule has 4 rings (SSSR count). The number of benzene rings is 2. The van der Waals surface area contributed by atoms with Gasteiger partial charge in [-0.05, 0) is 99.1 Å². The van der Waals surface area contributed by atoms with Gasteiger partial charge in [-0.3, -0.25) is 38.4 Å². The Balaban J connectivity index is 1.42. The maximum absolute atomic E-state index is 14.2. The number of methoxy groups -OCH3 is 1. The zero-order valence-corrected chi connectivity index (χ0v) is 54.2. The number of esters is 2. The number of unbranched alkanes of at least 4 members (excludes halogenated alkanes) is 1. The lowest BCUT2D eigenvalue weighted by molar-refractivity contribution is -0.179. The summed E-state index contributed by atoms with van der Waals surface area (Å²) < 4.78 is 39.6.